The third kappa shape index (κ3) is 4.22. The number of amides is 1. The Morgan fingerprint density at radius 3 is 2.32 bits per heavy atom. The molecule has 6 heteroatoms. The second-order valence-electron chi connectivity index (χ2n) is 8.89. The first kappa shape index (κ1) is 22.3. The number of ketones is 1. The van der Waals surface area contributed by atoms with E-state index in [0.717, 1.165) is 34.2 Å². The number of fused-ring (bicyclic) bond motifs is 4. The van der Waals surface area contributed by atoms with Gasteiger partial charge in [-0.25, -0.2) is 4.79 Å². The molecule has 2 unspecified atom stereocenters. The molecular weight excluding hydrogens is 430 g/mol. The second kappa shape index (κ2) is 9.41. The quantitative estimate of drug-likeness (QED) is 0.496. The van der Waals surface area contributed by atoms with Gasteiger partial charge in [-0.1, -0.05) is 60.7 Å². The van der Waals surface area contributed by atoms with Crippen LogP contribution in [0, 0.1) is 0 Å². The molecule has 1 amide bonds. The number of ether oxygens (including phenoxy) is 1. The van der Waals surface area contributed by atoms with Crippen LogP contribution in [0.1, 0.15) is 57.5 Å². The van der Waals surface area contributed by atoms with E-state index >= 15 is 0 Å². The number of nitrogens with one attached hydrogen (secondary N) is 1. The van der Waals surface area contributed by atoms with Crippen LogP contribution in [0.15, 0.2) is 66.7 Å². The first-order valence-corrected chi connectivity index (χ1v) is 11.6. The lowest BCUT2D eigenvalue weighted by Crippen LogP contribution is -2.30. The molecule has 0 fully saturated rings. The van der Waals surface area contributed by atoms with Gasteiger partial charge in [-0.3, -0.25) is 4.79 Å². The highest BCUT2D eigenvalue weighted by Gasteiger charge is 2.29. The van der Waals surface area contributed by atoms with Crippen molar-refractivity contribution >= 4 is 11.9 Å². The van der Waals surface area contributed by atoms with E-state index in [4.69, 9.17) is 4.74 Å². The Morgan fingerprint density at radius 1 is 0.941 bits per heavy atom. The van der Waals surface area contributed by atoms with E-state index in [2.05, 4.69) is 29.6 Å². The largest absolute Gasteiger partial charge is 0.449 e. The molecule has 0 spiro atoms. The second-order valence-corrected chi connectivity index (χ2v) is 8.89. The van der Waals surface area contributed by atoms with Crippen LogP contribution < -0.4 is 5.32 Å². The summed E-state index contributed by atoms with van der Waals surface area (Å²) in [6.45, 7) is 0.368. The van der Waals surface area contributed by atoms with Gasteiger partial charge in [0, 0.05) is 24.4 Å². The van der Waals surface area contributed by atoms with Crippen LogP contribution in [-0.2, 0) is 11.2 Å². The van der Waals surface area contributed by atoms with Gasteiger partial charge in [0.25, 0.3) is 0 Å². The zero-order valence-electron chi connectivity index (χ0n) is 18.7. The van der Waals surface area contributed by atoms with Gasteiger partial charge in [0.15, 0.2) is 5.78 Å². The first-order chi connectivity index (χ1) is 16.5. The average Bonchev–Trinajstić information content (AvgIpc) is 3.39. The van der Waals surface area contributed by atoms with E-state index in [9.17, 15) is 19.8 Å². The number of hydrogen-bond donors (Lipinski definition) is 3. The van der Waals surface area contributed by atoms with E-state index in [1.807, 2.05) is 30.3 Å². The van der Waals surface area contributed by atoms with Crippen LogP contribution in [0.25, 0.3) is 11.1 Å². The summed E-state index contributed by atoms with van der Waals surface area (Å²) < 4.78 is 5.50. The predicted octanol–water partition coefficient (Wildman–Crippen LogP) is 4.14. The number of aliphatic hydroxyl groups excluding tert-OH is 2. The maximum Gasteiger partial charge on any atom is 0.407 e. The maximum atomic E-state index is 12.3. The Kier molecular flexibility index (Phi) is 6.18. The lowest BCUT2D eigenvalue weighted by Gasteiger charge is -2.19. The van der Waals surface area contributed by atoms with Crippen molar-refractivity contribution in [2.24, 2.45) is 0 Å². The number of Topliss-reactive ketones (excluding diaryl/α,β-unsaturated/α-hetero) is 1. The third-order valence-electron chi connectivity index (χ3n) is 6.81. The van der Waals surface area contributed by atoms with Crippen molar-refractivity contribution in [1.82, 2.24) is 5.32 Å². The zero-order chi connectivity index (χ0) is 23.7. The van der Waals surface area contributed by atoms with Crippen LogP contribution in [0.2, 0.25) is 0 Å². The van der Waals surface area contributed by atoms with Gasteiger partial charge in [-0.05, 0) is 52.3 Å². The lowest BCUT2D eigenvalue weighted by atomic mass is 9.98. The summed E-state index contributed by atoms with van der Waals surface area (Å²) in [7, 11) is 0. The molecule has 5 rings (SSSR count). The van der Waals surface area contributed by atoms with Gasteiger partial charge in [0.1, 0.15) is 12.7 Å². The van der Waals surface area contributed by atoms with Gasteiger partial charge < -0.3 is 20.3 Å². The fourth-order valence-corrected chi connectivity index (χ4v) is 4.99. The summed E-state index contributed by atoms with van der Waals surface area (Å²) in [6, 6.07) is 21.5. The Hall–Kier alpha value is -3.48. The summed E-state index contributed by atoms with van der Waals surface area (Å²) in [5, 5.41) is 23.5. The van der Waals surface area contributed by atoms with Crippen LogP contribution in [-0.4, -0.2) is 41.3 Å². The van der Waals surface area contributed by atoms with Gasteiger partial charge in [-0.15, -0.1) is 0 Å². The topological polar surface area (TPSA) is 95.9 Å². The molecule has 34 heavy (non-hydrogen) atoms. The molecule has 3 aromatic carbocycles. The average molecular weight is 458 g/mol. The number of alkyl carbamates (subject to hydrolysis) is 1. The van der Waals surface area contributed by atoms with Crippen molar-refractivity contribution in [3.05, 3.63) is 94.5 Å². The highest BCUT2D eigenvalue weighted by atomic mass is 16.5. The number of carbonyl (C=O) groups excluding carboxylic acids is 2. The number of benzene rings is 3. The zero-order valence-corrected chi connectivity index (χ0v) is 18.7. The number of aryl methyl sites for hydroxylation is 1. The minimum atomic E-state index is -1.14. The molecule has 2 aliphatic rings. The maximum absolute atomic E-state index is 12.3. The Labute approximate surface area is 198 Å². The molecule has 2 atom stereocenters. The van der Waals surface area contributed by atoms with E-state index in [1.54, 1.807) is 12.1 Å². The van der Waals surface area contributed by atoms with Crippen molar-refractivity contribution in [1.29, 1.82) is 0 Å². The summed E-state index contributed by atoms with van der Waals surface area (Å²) in [5.74, 6) is 0.0449. The summed E-state index contributed by atoms with van der Waals surface area (Å²) >= 11 is 0. The van der Waals surface area contributed by atoms with E-state index in [-0.39, 0.29) is 31.3 Å². The van der Waals surface area contributed by atoms with Crippen molar-refractivity contribution in [3.63, 3.8) is 0 Å². The van der Waals surface area contributed by atoms with Gasteiger partial charge in [0.2, 0.25) is 0 Å². The molecule has 2 aliphatic carbocycles. The molecule has 3 N–H and O–H groups in total. The third-order valence-corrected chi connectivity index (χ3v) is 6.81. The molecule has 174 valence electrons. The highest BCUT2D eigenvalue weighted by molar-refractivity contribution is 6.00. The number of aliphatic hydroxyl groups is 2. The van der Waals surface area contributed by atoms with Crippen molar-refractivity contribution in [3.8, 4) is 11.1 Å². The Bertz CT molecular complexity index is 1190. The summed E-state index contributed by atoms with van der Waals surface area (Å²) in [5.41, 5.74) is 6.72. The molecule has 3 aromatic rings. The smallest absolute Gasteiger partial charge is 0.407 e. The van der Waals surface area contributed by atoms with E-state index in [0.29, 0.717) is 17.5 Å². The van der Waals surface area contributed by atoms with Crippen molar-refractivity contribution in [2.45, 2.75) is 37.4 Å². The minimum absolute atomic E-state index is 0.0203. The molecule has 0 bridgehead atoms. The molecule has 0 saturated heterocycles. The van der Waals surface area contributed by atoms with Crippen LogP contribution in [0.3, 0.4) is 0 Å². The normalized spacial score (nSPS) is 15.9. The molecular formula is C28H27NO5. The van der Waals surface area contributed by atoms with Gasteiger partial charge in [-0.2, -0.15) is 0 Å². The summed E-state index contributed by atoms with van der Waals surface area (Å²) in [6.07, 6.45) is -1.42. The SMILES string of the molecule is O=C(NCCC(O)C(O)c1ccc2c(c1)C(=O)CC2)OCC1c2ccccc2-c2ccccc21. The minimum Gasteiger partial charge on any atom is -0.449 e. The Morgan fingerprint density at radius 2 is 1.62 bits per heavy atom. The Balaban J connectivity index is 1.13. The fourth-order valence-electron chi connectivity index (χ4n) is 4.99. The van der Waals surface area contributed by atoms with Crippen LogP contribution in [0.4, 0.5) is 4.79 Å². The van der Waals surface area contributed by atoms with Crippen LogP contribution >= 0.6 is 0 Å². The van der Waals surface area contributed by atoms with E-state index < -0.39 is 18.3 Å². The van der Waals surface area contributed by atoms with Crippen molar-refractivity contribution < 1.29 is 24.5 Å². The molecule has 0 saturated carbocycles. The predicted molar refractivity (Wildman–Crippen MR) is 128 cm³/mol. The monoisotopic (exact) mass is 457 g/mol. The van der Waals surface area contributed by atoms with Gasteiger partial charge in [0.05, 0.1) is 6.10 Å². The van der Waals surface area contributed by atoms with Crippen LogP contribution in [0.5, 0.6) is 0 Å². The highest BCUT2D eigenvalue weighted by Crippen LogP contribution is 2.44. The number of rotatable bonds is 7. The number of hydrogen-bond acceptors (Lipinski definition) is 5. The molecule has 6 nitrogen and oxygen atoms in total. The first-order valence-electron chi connectivity index (χ1n) is 11.6. The molecule has 0 aliphatic heterocycles. The molecule has 0 radical (unpaired) electrons. The van der Waals surface area contributed by atoms with Crippen molar-refractivity contribution in [2.75, 3.05) is 13.2 Å². The van der Waals surface area contributed by atoms with Gasteiger partial charge >= 0.3 is 6.09 Å². The molecule has 0 aromatic heterocycles. The fraction of sp³-hybridized carbons (Fsp3) is 0.286. The number of carbonyl (C=O) groups is 2. The standard InChI is InChI=1S/C28H27NO5/c30-25-12-11-17-9-10-18(15-23(17)25)27(32)26(31)13-14-29-28(33)34-16-24-21-7-3-1-5-19(21)20-6-2-4-8-22(20)24/h1-10,15,24,26-27,31-32H,11-14,16H2,(H,29,33). The lowest BCUT2D eigenvalue weighted by molar-refractivity contribution is 0.0136. The molecule has 0 heterocycles. The summed E-state index contributed by atoms with van der Waals surface area (Å²) in [4.78, 5) is 24.2. The van der Waals surface area contributed by atoms with E-state index in [1.165, 1.54) is 0 Å².